The largest absolute Gasteiger partial charge is 0.372 e. The first-order valence-electron chi connectivity index (χ1n) is 8.78. The molecule has 0 saturated carbocycles. The van der Waals surface area contributed by atoms with Crippen LogP contribution in [0.1, 0.15) is 46.3 Å². The van der Waals surface area contributed by atoms with Gasteiger partial charge in [0, 0.05) is 24.3 Å². The van der Waals surface area contributed by atoms with Gasteiger partial charge < -0.3 is 4.90 Å². The second-order valence-corrected chi connectivity index (χ2v) is 6.64. The SMILES string of the molecule is Cc1ccc(C(=O)/C=C/c2ccc(N3CCCCC3)cc2)cc1C. The van der Waals surface area contributed by atoms with Crippen molar-refractivity contribution in [3.8, 4) is 0 Å². The van der Waals surface area contributed by atoms with E-state index in [9.17, 15) is 4.79 Å². The molecule has 0 aromatic heterocycles. The molecule has 2 heteroatoms. The Balaban J connectivity index is 1.67. The van der Waals surface area contributed by atoms with Crippen molar-refractivity contribution in [1.29, 1.82) is 0 Å². The zero-order valence-electron chi connectivity index (χ0n) is 14.6. The average Bonchev–Trinajstić information content (AvgIpc) is 2.63. The second-order valence-electron chi connectivity index (χ2n) is 6.64. The number of allylic oxidation sites excluding steroid dienone is 1. The van der Waals surface area contributed by atoms with Gasteiger partial charge in [-0.3, -0.25) is 4.79 Å². The van der Waals surface area contributed by atoms with Gasteiger partial charge in [0.1, 0.15) is 0 Å². The van der Waals surface area contributed by atoms with Crippen LogP contribution in [-0.4, -0.2) is 18.9 Å². The number of hydrogen-bond donors (Lipinski definition) is 0. The van der Waals surface area contributed by atoms with Crippen LogP contribution in [0.3, 0.4) is 0 Å². The van der Waals surface area contributed by atoms with E-state index >= 15 is 0 Å². The van der Waals surface area contributed by atoms with Gasteiger partial charge >= 0.3 is 0 Å². The molecule has 0 unspecified atom stereocenters. The molecule has 0 spiro atoms. The van der Waals surface area contributed by atoms with Crippen LogP contribution >= 0.6 is 0 Å². The van der Waals surface area contributed by atoms with E-state index in [-0.39, 0.29) is 5.78 Å². The molecule has 124 valence electrons. The van der Waals surface area contributed by atoms with Crippen molar-refractivity contribution in [2.45, 2.75) is 33.1 Å². The smallest absolute Gasteiger partial charge is 0.185 e. The van der Waals surface area contributed by atoms with E-state index in [4.69, 9.17) is 0 Å². The normalized spacial score (nSPS) is 15.0. The minimum atomic E-state index is 0.0539. The molecule has 1 aliphatic rings. The van der Waals surface area contributed by atoms with Gasteiger partial charge in [-0.15, -0.1) is 0 Å². The molecule has 1 saturated heterocycles. The van der Waals surface area contributed by atoms with Crippen LogP contribution in [0.4, 0.5) is 5.69 Å². The summed E-state index contributed by atoms with van der Waals surface area (Å²) in [5.41, 5.74) is 5.46. The van der Waals surface area contributed by atoms with E-state index in [1.807, 2.05) is 31.2 Å². The van der Waals surface area contributed by atoms with Crippen LogP contribution in [0.2, 0.25) is 0 Å². The van der Waals surface area contributed by atoms with Gasteiger partial charge in [0.2, 0.25) is 0 Å². The Hall–Kier alpha value is -2.35. The minimum Gasteiger partial charge on any atom is -0.372 e. The number of rotatable bonds is 4. The summed E-state index contributed by atoms with van der Waals surface area (Å²) in [6, 6.07) is 14.4. The number of piperidine rings is 1. The topological polar surface area (TPSA) is 20.3 Å². The Labute approximate surface area is 144 Å². The zero-order chi connectivity index (χ0) is 16.9. The van der Waals surface area contributed by atoms with Gasteiger partial charge in [-0.25, -0.2) is 0 Å². The number of nitrogens with zero attached hydrogens (tertiary/aromatic N) is 1. The molecule has 0 amide bonds. The van der Waals surface area contributed by atoms with Gasteiger partial charge in [-0.1, -0.05) is 30.3 Å². The summed E-state index contributed by atoms with van der Waals surface area (Å²) in [4.78, 5) is 14.7. The molecule has 1 fully saturated rings. The molecule has 1 aliphatic heterocycles. The minimum absolute atomic E-state index is 0.0539. The van der Waals surface area contributed by atoms with Crippen molar-refractivity contribution in [3.05, 3.63) is 70.8 Å². The van der Waals surface area contributed by atoms with Crippen molar-refractivity contribution >= 4 is 17.5 Å². The third kappa shape index (κ3) is 3.94. The van der Waals surface area contributed by atoms with Crippen molar-refractivity contribution in [3.63, 3.8) is 0 Å². The summed E-state index contributed by atoms with van der Waals surface area (Å²) in [5, 5.41) is 0. The maximum absolute atomic E-state index is 12.3. The molecular formula is C22H25NO. The monoisotopic (exact) mass is 319 g/mol. The molecule has 2 aromatic rings. The van der Waals surface area contributed by atoms with E-state index in [2.05, 4.69) is 36.1 Å². The summed E-state index contributed by atoms with van der Waals surface area (Å²) in [7, 11) is 0. The summed E-state index contributed by atoms with van der Waals surface area (Å²) in [6.45, 7) is 6.40. The lowest BCUT2D eigenvalue weighted by atomic mass is 10.0. The highest BCUT2D eigenvalue weighted by Crippen LogP contribution is 2.20. The highest BCUT2D eigenvalue weighted by Gasteiger charge is 2.10. The number of carbonyl (C=O) groups excluding carboxylic acids is 1. The third-order valence-electron chi connectivity index (χ3n) is 4.83. The summed E-state index contributed by atoms with van der Waals surface area (Å²) in [6.07, 6.45) is 7.48. The van der Waals surface area contributed by atoms with E-state index < -0.39 is 0 Å². The van der Waals surface area contributed by atoms with Crippen LogP contribution in [-0.2, 0) is 0 Å². The van der Waals surface area contributed by atoms with Crippen LogP contribution < -0.4 is 4.90 Å². The average molecular weight is 319 g/mol. The van der Waals surface area contributed by atoms with E-state index in [1.54, 1.807) is 6.08 Å². The highest BCUT2D eigenvalue weighted by molar-refractivity contribution is 6.06. The molecular weight excluding hydrogens is 294 g/mol. The Morgan fingerprint density at radius 2 is 1.62 bits per heavy atom. The van der Waals surface area contributed by atoms with Crippen LogP contribution in [0.5, 0.6) is 0 Å². The van der Waals surface area contributed by atoms with Gasteiger partial charge in [-0.2, -0.15) is 0 Å². The van der Waals surface area contributed by atoms with Crippen LogP contribution in [0, 0.1) is 13.8 Å². The predicted molar refractivity (Wildman–Crippen MR) is 102 cm³/mol. The van der Waals surface area contributed by atoms with Crippen molar-refractivity contribution in [2.24, 2.45) is 0 Å². The fourth-order valence-electron chi connectivity index (χ4n) is 3.11. The number of hydrogen-bond acceptors (Lipinski definition) is 2. The van der Waals surface area contributed by atoms with E-state index in [0.717, 1.165) is 29.8 Å². The Morgan fingerprint density at radius 3 is 2.29 bits per heavy atom. The molecule has 1 heterocycles. The zero-order valence-corrected chi connectivity index (χ0v) is 14.6. The first-order chi connectivity index (χ1) is 11.6. The fourth-order valence-corrected chi connectivity index (χ4v) is 3.11. The molecule has 2 aromatic carbocycles. The standard InChI is InChI=1S/C22H25NO/c1-17-6-10-20(16-18(17)2)22(24)13-9-19-7-11-21(12-8-19)23-14-4-3-5-15-23/h6-13,16H,3-5,14-15H2,1-2H3/b13-9+. The molecule has 0 N–H and O–H groups in total. The number of ketones is 1. The quantitative estimate of drug-likeness (QED) is 0.571. The molecule has 0 radical (unpaired) electrons. The van der Waals surface area contributed by atoms with Gasteiger partial charge in [0.25, 0.3) is 0 Å². The molecule has 24 heavy (non-hydrogen) atoms. The van der Waals surface area contributed by atoms with Gasteiger partial charge in [-0.05, 0) is 74.1 Å². The van der Waals surface area contributed by atoms with Crippen LogP contribution in [0.25, 0.3) is 6.08 Å². The molecule has 2 nitrogen and oxygen atoms in total. The van der Waals surface area contributed by atoms with Gasteiger partial charge in [0.05, 0.1) is 0 Å². The predicted octanol–water partition coefficient (Wildman–Crippen LogP) is 5.19. The second kappa shape index (κ2) is 7.48. The highest BCUT2D eigenvalue weighted by atomic mass is 16.1. The van der Waals surface area contributed by atoms with Crippen LogP contribution in [0.15, 0.2) is 48.5 Å². The molecule has 3 rings (SSSR count). The summed E-state index contributed by atoms with van der Waals surface area (Å²) >= 11 is 0. The first-order valence-corrected chi connectivity index (χ1v) is 8.78. The Kier molecular flexibility index (Phi) is 5.14. The number of benzene rings is 2. The molecule has 0 bridgehead atoms. The Morgan fingerprint density at radius 1 is 0.917 bits per heavy atom. The number of aryl methyl sites for hydroxylation is 2. The fraction of sp³-hybridized carbons (Fsp3) is 0.318. The van der Waals surface area contributed by atoms with E-state index in [1.165, 1.54) is 30.5 Å². The van der Waals surface area contributed by atoms with Crippen molar-refractivity contribution < 1.29 is 4.79 Å². The lowest BCUT2D eigenvalue weighted by Gasteiger charge is -2.28. The Bertz CT molecular complexity index is 737. The van der Waals surface area contributed by atoms with Crippen molar-refractivity contribution in [2.75, 3.05) is 18.0 Å². The van der Waals surface area contributed by atoms with Crippen molar-refractivity contribution in [1.82, 2.24) is 0 Å². The third-order valence-corrected chi connectivity index (χ3v) is 4.83. The maximum atomic E-state index is 12.3. The maximum Gasteiger partial charge on any atom is 0.185 e. The first kappa shape index (κ1) is 16.5. The molecule has 0 atom stereocenters. The number of carbonyl (C=O) groups is 1. The summed E-state index contributed by atoms with van der Waals surface area (Å²) < 4.78 is 0. The summed E-state index contributed by atoms with van der Waals surface area (Å²) in [5.74, 6) is 0.0539. The molecule has 0 aliphatic carbocycles. The number of anilines is 1. The lowest BCUT2D eigenvalue weighted by Crippen LogP contribution is -2.29. The lowest BCUT2D eigenvalue weighted by molar-refractivity contribution is 0.104. The van der Waals surface area contributed by atoms with Gasteiger partial charge in [0.15, 0.2) is 5.78 Å². The van der Waals surface area contributed by atoms with E-state index in [0.29, 0.717) is 0 Å².